The van der Waals surface area contributed by atoms with Crippen LogP contribution in [0.2, 0.25) is 0 Å². The summed E-state index contributed by atoms with van der Waals surface area (Å²) in [5, 5.41) is 3.35. The zero-order valence-electron chi connectivity index (χ0n) is 20.3. The highest BCUT2D eigenvalue weighted by Gasteiger charge is 2.44. The third-order valence-corrected chi connectivity index (χ3v) is 7.84. The van der Waals surface area contributed by atoms with Gasteiger partial charge in [0.15, 0.2) is 9.84 Å². The topological polar surface area (TPSA) is 114 Å². The minimum Gasteiger partial charge on any atom is -0.384 e. The molecule has 5 rings (SSSR count). The first kappa shape index (κ1) is 24.9. The van der Waals surface area contributed by atoms with Crippen molar-refractivity contribution in [1.82, 2.24) is 9.88 Å². The quantitative estimate of drug-likeness (QED) is 0.594. The Balaban J connectivity index is 1.78. The fourth-order valence-corrected chi connectivity index (χ4v) is 6.25. The number of hydrogen-bond acceptors (Lipinski definition) is 6. The van der Waals surface area contributed by atoms with Crippen molar-refractivity contribution >= 4 is 32.7 Å². The predicted molar refractivity (Wildman–Crippen MR) is 137 cm³/mol. The standard InChI is InChI=1S/C26H26F2N4O4S/c1-31-8-7-18-16(13-37(2,35)36)9-15-12-32(20-5-4-17(27)10-19(20)28)25-14(3-6-21(29)33)11-30-24(22(15)25)23(18)26(31)34/h4-5,7-10,12,14,25,30H,3,6,11,13H2,1-2H3,(H2,29,33). The van der Waals surface area contributed by atoms with Gasteiger partial charge in [-0.15, -0.1) is 0 Å². The van der Waals surface area contributed by atoms with Gasteiger partial charge in [0.1, 0.15) is 11.6 Å². The van der Waals surface area contributed by atoms with Crippen molar-refractivity contribution in [3.8, 4) is 0 Å². The van der Waals surface area contributed by atoms with E-state index in [1.165, 1.54) is 10.6 Å². The summed E-state index contributed by atoms with van der Waals surface area (Å²) < 4.78 is 54.9. The molecule has 11 heteroatoms. The van der Waals surface area contributed by atoms with Crippen molar-refractivity contribution in [1.29, 1.82) is 0 Å². The van der Waals surface area contributed by atoms with Gasteiger partial charge in [-0.1, -0.05) is 0 Å². The van der Waals surface area contributed by atoms with Crippen LogP contribution < -0.4 is 21.5 Å². The highest BCUT2D eigenvalue weighted by atomic mass is 32.2. The number of pyridine rings is 1. The summed E-state index contributed by atoms with van der Waals surface area (Å²) in [4.78, 5) is 26.7. The molecule has 0 fully saturated rings. The van der Waals surface area contributed by atoms with Crippen molar-refractivity contribution in [2.45, 2.75) is 18.9 Å². The summed E-state index contributed by atoms with van der Waals surface area (Å²) >= 11 is 0. The van der Waals surface area contributed by atoms with Gasteiger partial charge in [0.2, 0.25) is 5.91 Å². The molecule has 8 nitrogen and oxygen atoms in total. The van der Waals surface area contributed by atoms with E-state index in [2.05, 4.69) is 5.32 Å². The zero-order valence-corrected chi connectivity index (χ0v) is 21.1. The zero-order chi connectivity index (χ0) is 26.6. The smallest absolute Gasteiger partial charge is 0.260 e. The van der Waals surface area contributed by atoms with Gasteiger partial charge in [-0.25, -0.2) is 17.2 Å². The lowest BCUT2D eigenvalue weighted by molar-refractivity contribution is -0.118. The second-order valence-corrected chi connectivity index (χ2v) is 11.9. The molecule has 0 spiro atoms. The number of hydrogen-bond donors (Lipinski definition) is 2. The number of rotatable bonds is 6. The lowest BCUT2D eigenvalue weighted by atomic mass is 9.82. The van der Waals surface area contributed by atoms with E-state index in [0.29, 0.717) is 46.5 Å². The lowest BCUT2D eigenvalue weighted by Gasteiger charge is -2.38. The molecular formula is C26H26F2N4O4S. The Labute approximate surface area is 212 Å². The second-order valence-electron chi connectivity index (χ2n) is 9.73. The SMILES string of the molecule is Cn1ccc2c(c1=O)C1=C3C(=CN(c4ccc(F)cc4F)C3C(CCC(N)=O)CN1)C=C2CS(C)(=O)=O. The number of sulfone groups is 1. The molecule has 0 bridgehead atoms. The van der Waals surface area contributed by atoms with Crippen molar-refractivity contribution in [3.63, 3.8) is 0 Å². The fraction of sp³-hybridized carbons (Fsp3) is 0.308. The molecule has 0 saturated carbocycles. The van der Waals surface area contributed by atoms with Crippen molar-refractivity contribution < 1.29 is 22.0 Å². The maximum Gasteiger partial charge on any atom is 0.260 e. The number of amides is 1. The molecule has 3 N–H and O–H groups in total. The number of nitrogens with zero attached hydrogens (tertiary/aromatic N) is 2. The summed E-state index contributed by atoms with van der Waals surface area (Å²) in [5.74, 6) is -2.47. The van der Waals surface area contributed by atoms with E-state index in [9.17, 15) is 22.4 Å². The van der Waals surface area contributed by atoms with E-state index in [1.807, 2.05) is 0 Å². The van der Waals surface area contributed by atoms with Gasteiger partial charge in [-0.3, -0.25) is 9.59 Å². The molecule has 2 aliphatic heterocycles. The normalized spacial score (nSPS) is 20.5. The summed E-state index contributed by atoms with van der Waals surface area (Å²) in [7, 11) is -1.86. The van der Waals surface area contributed by atoms with Gasteiger partial charge in [-0.05, 0) is 47.4 Å². The first-order chi connectivity index (χ1) is 17.4. The number of aryl methyl sites for hydroxylation is 1. The third-order valence-electron chi connectivity index (χ3n) is 7.00. The Morgan fingerprint density at radius 2 is 2.00 bits per heavy atom. The van der Waals surface area contributed by atoms with Crippen LogP contribution in [0.15, 0.2) is 58.7 Å². The summed E-state index contributed by atoms with van der Waals surface area (Å²) in [6.07, 6.45) is 6.62. The van der Waals surface area contributed by atoms with E-state index in [1.54, 1.807) is 36.5 Å². The van der Waals surface area contributed by atoms with Crippen LogP contribution in [-0.2, 0) is 21.7 Å². The second kappa shape index (κ2) is 8.98. The highest BCUT2D eigenvalue weighted by molar-refractivity contribution is 7.91. The monoisotopic (exact) mass is 528 g/mol. The molecule has 1 amide bonds. The minimum absolute atomic E-state index is 0.105. The Bertz CT molecular complexity index is 1590. The van der Waals surface area contributed by atoms with Crippen molar-refractivity contribution in [2.24, 2.45) is 18.7 Å². The van der Waals surface area contributed by atoms with Crippen LogP contribution in [0.3, 0.4) is 0 Å². The third kappa shape index (κ3) is 4.48. The summed E-state index contributed by atoms with van der Waals surface area (Å²) in [5.41, 5.74) is 8.34. The van der Waals surface area contributed by atoms with Crippen LogP contribution in [0.25, 0.3) is 11.3 Å². The maximum atomic E-state index is 15.0. The van der Waals surface area contributed by atoms with Crippen LogP contribution in [0.1, 0.15) is 24.0 Å². The van der Waals surface area contributed by atoms with Gasteiger partial charge in [0, 0.05) is 56.2 Å². The molecule has 37 heavy (non-hydrogen) atoms. The number of benzene rings is 1. The fourth-order valence-electron chi connectivity index (χ4n) is 5.45. The molecule has 1 aromatic carbocycles. The van der Waals surface area contributed by atoms with E-state index < -0.39 is 33.4 Å². The van der Waals surface area contributed by atoms with Gasteiger partial charge >= 0.3 is 0 Å². The molecule has 3 heterocycles. The average Bonchev–Trinajstić information content (AvgIpc) is 3.11. The molecule has 1 aliphatic carbocycles. The number of aromatic nitrogens is 1. The first-order valence-corrected chi connectivity index (χ1v) is 13.8. The number of nitrogens with two attached hydrogens (primary N) is 1. The molecule has 2 unspecified atom stereocenters. The maximum absolute atomic E-state index is 15.0. The number of carbonyl (C=O) groups excluding carboxylic acids is 1. The van der Waals surface area contributed by atoms with Gasteiger partial charge in [-0.2, -0.15) is 0 Å². The van der Waals surface area contributed by atoms with Crippen molar-refractivity contribution in [2.75, 3.05) is 23.5 Å². The van der Waals surface area contributed by atoms with Gasteiger partial charge < -0.3 is 20.5 Å². The van der Waals surface area contributed by atoms with Crippen LogP contribution in [0.4, 0.5) is 14.5 Å². The van der Waals surface area contributed by atoms with Crippen LogP contribution in [0, 0.1) is 17.6 Å². The Morgan fingerprint density at radius 1 is 1.24 bits per heavy atom. The van der Waals surface area contributed by atoms with Crippen molar-refractivity contribution in [3.05, 3.63) is 87.0 Å². The predicted octanol–water partition coefficient (Wildman–Crippen LogP) is 2.07. The number of halogens is 2. The Hall–Kier alpha value is -3.73. The lowest BCUT2D eigenvalue weighted by Crippen LogP contribution is -2.46. The number of primary amides is 1. The number of carbonyl (C=O) groups is 1. The summed E-state index contributed by atoms with van der Waals surface area (Å²) in [6, 6.07) is 4.52. The number of allylic oxidation sites excluding steroid dienone is 1. The number of nitrogens with one attached hydrogen (secondary N) is 1. The molecule has 194 valence electrons. The van der Waals surface area contributed by atoms with E-state index in [-0.39, 0.29) is 29.3 Å². The average molecular weight is 529 g/mol. The Morgan fingerprint density at radius 3 is 2.68 bits per heavy atom. The van der Waals surface area contributed by atoms with Gasteiger partial charge in [0.25, 0.3) is 5.56 Å². The molecule has 0 radical (unpaired) electrons. The molecule has 2 atom stereocenters. The minimum atomic E-state index is -3.47. The summed E-state index contributed by atoms with van der Waals surface area (Å²) in [6.45, 7) is 0.357. The van der Waals surface area contributed by atoms with Gasteiger partial charge in [0.05, 0.1) is 28.7 Å². The van der Waals surface area contributed by atoms with E-state index in [4.69, 9.17) is 5.73 Å². The number of anilines is 1. The molecule has 2 aromatic rings. The van der Waals surface area contributed by atoms with Crippen LogP contribution in [0.5, 0.6) is 0 Å². The molecule has 1 aromatic heterocycles. The first-order valence-electron chi connectivity index (χ1n) is 11.7. The van der Waals surface area contributed by atoms with E-state index in [0.717, 1.165) is 18.4 Å². The molecule has 0 saturated heterocycles. The largest absolute Gasteiger partial charge is 0.384 e. The Kier molecular flexibility index (Phi) is 6.06. The molecular weight excluding hydrogens is 502 g/mol. The van der Waals surface area contributed by atoms with E-state index >= 15 is 4.39 Å². The molecule has 3 aliphatic rings. The highest BCUT2D eigenvalue weighted by Crippen LogP contribution is 2.46. The van der Waals surface area contributed by atoms with Crippen LogP contribution in [-0.4, -0.2) is 43.5 Å². The van der Waals surface area contributed by atoms with Crippen LogP contribution >= 0.6 is 0 Å². The number of fused-ring (bicyclic) bond motifs is 2.